The van der Waals surface area contributed by atoms with Gasteiger partial charge >= 0.3 is 0 Å². The van der Waals surface area contributed by atoms with E-state index in [0.29, 0.717) is 11.3 Å². The molecule has 0 aliphatic rings. The van der Waals surface area contributed by atoms with Crippen molar-refractivity contribution >= 4 is 0 Å². The zero-order valence-electron chi connectivity index (χ0n) is 10.8. The fraction of sp³-hybridized carbons (Fsp3) is 0.600. The third kappa shape index (κ3) is 2.84. The molecule has 0 N–H and O–H groups in total. The first-order valence-electron chi connectivity index (χ1n) is 6.07. The van der Waals surface area contributed by atoms with Crippen molar-refractivity contribution in [2.24, 2.45) is 5.41 Å². The number of rotatable bonds is 4. The summed E-state index contributed by atoms with van der Waals surface area (Å²) in [5.41, 5.74) is 3.25. The molecule has 0 saturated carbocycles. The summed E-state index contributed by atoms with van der Waals surface area (Å²) in [5, 5.41) is 0. The fourth-order valence-corrected chi connectivity index (χ4v) is 2.28. The lowest BCUT2D eigenvalue weighted by Crippen LogP contribution is -2.20. The number of hydrogen-bond donors (Lipinski definition) is 0. The van der Waals surface area contributed by atoms with Gasteiger partial charge in [-0.3, -0.25) is 0 Å². The van der Waals surface area contributed by atoms with Crippen LogP contribution in [-0.2, 0) is 0 Å². The molecule has 84 valence electrons. The Balaban J connectivity index is 2.97. The highest BCUT2D eigenvalue weighted by Gasteiger charge is 2.27. The molecule has 1 aromatic carbocycles. The van der Waals surface area contributed by atoms with Gasteiger partial charge in [0, 0.05) is 0 Å². The molecular formula is C15H24. The van der Waals surface area contributed by atoms with Gasteiger partial charge in [0.1, 0.15) is 0 Å². The van der Waals surface area contributed by atoms with Crippen molar-refractivity contribution in [3.05, 3.63) is 35.4 Å². The lowest BCUT2D eigenvalue weighted by Gasteiger charge is -2.33. The van der Waals surface area contributed by atoms with Crippen molar-refractivity contribution in [1.29, 1.82) is 0 Å². The minimum Gasteiger partial charge on any atom is -0.0649 e. The Kier molecular flexibility index (Phi) is 3.96. The largest absolute Gasteiger partial charge is 0.0649 e. The second kappa shape index (κ2) is 4.83. The molecule has 1 atom stereocenters. The van der Waals surface area contributed by atoms with Crippen molar-refractivity contribution in [3.8, 4) is 0 Å². The molecule has 0 amide bonds. The van der Waals surface area contributed by atoms with Crippen LogP contribution >= 0.6 is 0 Å². The van der Waals surface area contributed by atoms with E-state index >= 15 is 0 Å². The van der Waals surface area contributed by atoms with Crippen molar-refractivity contribution < 1.29 is 0 Å². The van der Waals surface area contributed by atoms with Gasteiger partial charge in [-0.15, -0.1) is 0 Å². The van der Waals surface area contributed by atoms with Gasteiger partial charge in [0.2, 0.25) is 0 Å². The van der Waals surface area contributed by atoms with E-state index in [1.54, 1.807) is 0 Å². The Bertz CT molecular complexity index is 292. The van der Waals surface area contributed by atoms with Crippen LogP contribution in [0.25, 0.3) is 0 Å². The maximum absolute atomic E-state index is 2.38. The molecule has 0 spiro atoms. The normalized spacial score (nSPS) is 13.9. The number of benzene rings is 1. The second-order valence-corrected chi connectivity index (χ2v) is 5.21. The standard InChI is InChI=1S/C15H24/c1-6-14(15(4,5)7-2)13-10-8-12(3)9-11-13/h8-11,14H,6-7H2,1-5H3. The van der Waals surface area contributed by atoms with E-state index < -0.39 is 0 Å². The topological polar surface area (TPSA) is 0 Å². The molecule has 0 aromatic heterocycles. The van der Waals surface area contributed by atoms with E-state index in [-0.39, 0.29) is 0 Å². The lowest BCUT2D eigenvalue weighted by atomic mass is 9.72. The number of hydrogen-bond acceptors (Lipinski definition) is 0. The minimum absolute atomic E-state index is 0.407. The maximum Gasteiger partial charge on any atom is -0.0113 e. The van der Waals surface area contributed by atoms with Crippen LogP contribution in [0.3, 0.4) is 0 Å². The van der Waals surface area contributed by atoms with Gasteiger partial charge in [0.15, 0.2) is 0 Å². The molecule has 1 aromatic rings. The maximum atomic E-state index is 2.38. The zero-order valence-corrected chi connectivity index (χ0v) is 10.8. The van der Waals surface area contributed by atoms with Gasteiger partial charge in [0.25, 0.3) is 0 Å². The first kappa shape index (κ1) is 12.3. The summed E-state index contributed by atoms with van der Waals surface area (Å²) in [6.07, 6.45) is 2.46. The molecule has 0 aliphatic carbocycles. The second-order valence-electron chi connectivity index (χ2n) is 5.21. The van der Waals surface area contributed by atoms with E-state index in [4.69, 9.17) is 0 Å². The molecule has 0 saturated heterocycles. The molecule has 0 fully saturated rings. The first-order valence-corrected chi connectivity index (χ1v) is 6.07. The minimum atomic E-state index is 0.407. The van der Waals surface area contributed by atoms with Crippen LogP contribution in [-0.4, -0.2) is 0 Å². The summed E-state index contributed by atoms with van der Waals surface area (Å²) in [4.78, 5) is 0. The van der Waals surface area contributed by atoms with Gasteiger partial charge < -0.3 is 0 Å². The van der Waals surface area contributed by atoms with Crippen LogP contribution in [0.15, 0.2) is 24.3 Å². The van der Waals surface area contributed by atoms with Crippen LogP contribution in [0.2, 0.25) is 0 Å². The Morgan fingerprint density at radius 3 is 2.00 bits per heavy atom. The monoisotopic (exact) mass is 204 g/mol. The van der Waals surface area contributed by atoms with Crippen LogP contribution in [0.1, 0.15) is 57.6 Å². The molecule has 1 rings (SSSR count). The highest BCUT2D eigenvalue weighted by molar-refractivity contribution is 5.25. The Hall–Kier alpha value is -0.780. The smallest absolute Gasteiger partial charge is 0.0113 e. The first-order chi connectivity index (χ1) is 7.01. The summed E-state index contributed by atoms with van der Waals surface area (Å²) < 4.78 is 0. The highest BCUT2D eigenvalue weighted by atomic mass is 14.3. The quantitative estimate of drug-likeness (QED) is 0.652. The van der Waals surface area contributed by atoms with E-state index in [1.807, 2.05) is 0 Å². The van der Waals surface area contributed by atoms with E-state index in [2.05, 4.69) is 58.9 Å². The molecular weight excluding hydrogens is 180 g/mol. The highest BCUT2D eigenvalue weighted by Crippen LogP contribution is 2.40. The van der Waals surface area contributed by atoms with Crippen LogP contribution in [0.5, 0.6) is 0 Å². The van der Waals surface area contributed by atoms with Gasteiger partial charge in [-0.25, -0.2) is 0 Å². The summed E-state index contributed by atoms with van der Waals surface area (Å²) in [6, 6.07) is 9.04. The van der Waals surface area contributed by atoms with E-state index in [9.17, 15) is 0 Å². The average Bonchev–Trinajstić information content (AvgIpc) is 2.22. The van der Waals surface area contributed by atoms with Crippen LogP contribution < -0.4 is 0 Å². The van der Waals surface area contributed by atoms with Crippen molar-refractivity contribution in [3.63, 3.8) is 0 Å². The van der Waals surface area contributed by atoms with E-state index in [1.165, 1.54) is 24.0 Å². The van der Waals surface area contributed by atoms with Gasteiger partial charge in [-0.2, -0.15) is 0 Å². The molecule has 0 bridgehead atoms. The van der Waals surface area contributed by atoms with Crippen LogP contribution in [0.4, 0.5) is 0 Å². The molecule has 1 unspecified atom stereocenters. The summed E-state index contributed by atoms with van der Waals surface area (Å²) in [7, 11) is 0. The Morgan fingerprint density at radius 2 is 1.60 bits per heavy atom. The third-order valence-corrected chi connectivity index (χ3v) is 3.74. The molecule has 0 heteroatoms. The molecule has 0 aliphatic heterocycles. The predicted molar refractivity (Wildman–Crippen MR) is 68.3 cm³/mol. The van der Waals surface area contributed by atoms with Gasteiger partial charge in [-0.05, 0) is 30.2 Å². The average molecular weight is 204 g/mol. The summed E-state index contributed by atoms with van der Waals surface area (Å²) >= 11 is 0. The molecule has 15 heavy (non-hydrogen) atoms. The van der Waals surface area contributed by atoms with Gasteiger partial charge in [0.05, 0.1) is 0 Å². The fourth-order valence-electron chi connectivity index (χ4n) is 2.28. The summed E-state index contributed by atoms with van der Waals surface area (Å²) in [5.74, 6) is 0.683. The van der Waals surface area contributed by atoms with Gasteiger partial charge in [-0.1, -0.05) is 63.9 Å². The summed E-state index contributed by atoms with van der Waals surface area (Å²) in [6.45, 7) is 11.5. The third-order valence-electron chi connectivity index (χ3n) is 3.74. The van der Waals surface area contributed by atoms with Crippen molar-refractivity contribution in [2.75, 3.05) is 0 Å². The van der Waals surface area contributed by atoms with Crippen LogP contribution in [0, 0.1) is 12.3 Å². The zero-order chi connectivity index (χ0) is 11.5. The van der Waals surface area contributed by atoms with E-state index in [0.717, 1.165) is 0 Å². The SMILES string of the molecule is CCC(c1ccc(C)cc1)C(C)(C)CC. The molecule has 0 heterocycles. The Morgan fingerprint density at radius 1 is 1.07 bits per heavy atom. The number of aryl methyl sites for hydroxylation is 1. The lowest BCUT2D eigenvalue weighted by molar-refractivity contribution is 0.267. The van der Waals surface area contributed by atoms with Crippen molar-refractivity contribution in [1.82, 2.24) is 0 Å². The predicted octanol–water partition coefficient (Wildman–Crippen LogP) is 4.92. The Labute approximate surface area is 94.7 Å². The molecule has 0 radical (unpaired) electrons. The van der Waals surface area contributed by atoms with Crippen molar-refractivity contribution in [2.45, 2.75) is 53.4 Å². The molecule has 0 nitrogen and oxygen atoms in total.